The molecule has 104 valence electrons. The largest absolute Gasteiger partial charge is 0.352 e. The third kappa shape index (κ3) is 3.75. The standard InChI is InChI=1S/C14H16BrF2NO/c15-12-4-2-1-3-9(12)8-18-14(19)11-7-10(16)5-6-13(11)17/h5-7,9,12H,1-4,8H2,(H,18,19). The Morgan fingerprint density at radius 1 is 1.32 bits per heavy atom. The highest BCUT2D eigenvalue weighted by molar-refractivity contribution is 9.09. The molecule has 1 amide bonds. The van der Waals surface area contributed by atoms with Gasteiger partial charge >= 0.3 is 0 Å². The number of halogens is 3. The molecule has 1 fully saturated rings. The lowest BCUT2D eigenvalue weighted by Gasteiger charge is -2.27. The lowest BCUT2D eigenvalue weighted by atomic mass is 9.89. The first-order chi connectivity index (χ1) is 9.08. The molecule has 1 aromatic carbocycles. The van der Waals surface area contributed by atoms with Crippen molar-refractivity contribution >= 4 is 21.8 Å². The molecule has 1 aliphatic carbocycles. The summed E-state index contributed by atoms with van der Waals surface area (Å²) in [5.74, 6) is -1.50. The summed E-state index contributed by atoms with van der Waals surface area (Å²) in [5, 5.41) is 2.69. The first-order valence-corrected chi connectivity index (χ1v) is 7.37. The van der Waals surface area contributed by atoms with E-state index in [4.69, 9.17) is 0 Å². The van der Waals surface area contributed by atoms with E-state index in [1.807, 2.05) is 0 Å². The molecule has 0 aromatic heterocycles. The van der Waals surface area contributed by atoms with E-state index >= 15 is 0 Å². The number of benzene rings is 1. The van der Waals surface area contributed by atoms with Crippen LogP contribution in [0.3, 0.4) is 0 Å². The molecule has 2 nitrogen and oxygen atoms in total. The zero-order chi connectivity index (χ0) is 13.8. The zero-order valence-electron chi connectivity index (χ0n) is 10.5. The number of hydrogen-bond acceptors (Lipinski definition) is 1. The number of carbonyl (C=O) groups excluding carboxylic acids is 1. The fourth-order valence-electron chi connectivity index (χ4n) is 2.38. The molecule has 0 spiro atoms. The van der Waals surface area contributed by atoms with Gasteiger partial charge in [-0.25, -0.2) is 8.78 Å². The van der Waals surface area contributed by atoms with Crippen molar-refractivity contribution in [2.75, 3.05) is 6.54 Å². The number of carbonyl (C=O) groups is 1. The molecule has 0 radical (unpaired) electrons. The van der Waals surface area contributed by atoms with Crippen molar-refractivity contribution in [2.24, 2.45) is 5.92 Å². The highest BCUT2D eigenvalue weighted by Crippen LogP contribution is 2.29. The normalized spacial score (nSPS) is 23.1. The van der Waals surface area contributed by atoms with E-state index in [1.165, 1.54) is 6.42 Å². The summed E-state index contributed by atoms with van der Waals surface area (Å²) in [6.07, 6.45) is 4.48. The molecular weight excluding hydrogens is 316 g/mol. The van der Waals surface area contributed by atoms with Crippen LogP contribution in [0, 0.1) is 17.6 Å². The van der Waals surface area contributed by atoms with E-state index in [9.17, 15) is 13.6 Å². The van der Waals surface area contributed by atoms with Gasteiger partial charge in [0, 0.05) is 11.4 Å². The maximum Gasteiger partial charge on any atom is 0.254 e. The third-order valence-corrected chi connectivity index (χ3v) is 4.72. The Labute approximate surface area is 119 Å². The predicted octanol–water partition coefficient (Wildman–Crippen LogP) is 3.65. The molecule has 1 aliphatic rings. The van der Waals surface area contributed by atoms with Gasteiger partial charge in [0.1, 0.15) is 11.6 Å². The number of nitrogens with one attached hydrogen (secondary N) is 1. The Morgan fingerprint density at radius 3 is 2.79 bits per heavy atom. The lowest BCUT2D eigenvalue weighted by molar-refractivity contribution is 0.0940. The van der Waals surface area contributed by atoms with E-state index in [-0.39, 0.29) is 5.56 Å². The Bertz CT molecular complexity index is 467. The fraction of sp³-hybridized carbons (Fsp3) is 0.500. The first kappa shape index (κ1) is 14.4. The summed E-state index contributed by atoms with van der Waals surface area (Å²) < 4.78 is 26.4. The van der Waals surface area contributed by atoms with Crippen LogP contribution < -0.4 is 5.32 Å². The summed E-state index contributed by atoms with van der Waals surface area (Å²) >= 11 is 3.60. The van der Waals surface area contributed by atoms with Gasteiger partial charge in [0.2, 0.25) is 0 Å². The minimum atomic E-state index is -0.696. The lowest BCUT2D eigenvalue weighted by Crippen LogP contribution is -2.34. The Morgan fingerprint density at radius 2 is 2.05 bits per heavy atom. The number of rotatable bonds is 3. The molecule has 1 aromatic rings. The summed E-state index contributed by atoms with van der Waals surface area (Å²) in [6.45, 7) is 0.491. The second kappa shape index (κ2) is 6.46. The van der Waals surface area contributed by atoms with Gasteiger partial charge in [-0.3, -0.25) is 4.79 Å². The Hall–Kier alpha value is -0.970. The molecule has 0 bridgehead atoms. The zero-order valence-corrected chi connectivity index (χ0v) is 12.1. The second-order valence-electron chi connectivity index (χ2n) is 4.89. The molecular formula is C14H16BrF2NO. The highest BCUT2D eigenvalue weighted by atomic mass is 79.9. The predicted molar refractivity (Wildman–Crippen MR) is 73.4 cm³/mol. The number of hydrogen-bond donors (Lipinski definition) is 1. The monoisotopic (exact) mass is 331 g/mol. The molecule has 19 heavy (non-hydrogen) atoms. The van der Waals surface area contributed by atoms with Crippen LogP contribution in [0.25, 0.3) is 0 Å². The van der Waals surface area contributed by atoms with Gasteiger partial charge in [-0.1, -0.05) is 28.8 Å². The molecule has 5 heteroatoms. The van der Waals surface area contributed by atoms with Gasteiger partial charge in [-0.15, -0.1) is 0 Å². The van der Waals surface area contributed by atoms with Crippen LogP contribution >= 0.6 is 15.9 Å². The van der Waals surface area contributed by atoms with Crippen LogP contribution in [0.2, 0.25) is 0 Å². The number of alkyl halides is 1. The van der Waals surface area contributed by atoms with Crippen LogP contribution in [-0.2, 0) is 0 Å². The SMILES string of the molecule is O=C(NCC1CCCCC1Br)c1cc(F)ccc1F. The van der Waals surface area contributed by atoms with Crippen molar-refractivity contribution in [3.05, 3.63) is 35.4 Å². The fourth-order valence-corrected chi connectivity index (χ4v) is 3.16. The summed E-state index contributed by atoms with van der Waals surface area (Å²) in [7, 11) is 0. The minimum absolute atomic E-state index is 0.234. The van der Waals surface area contributed by atoms with E-state index in [0.29, 0.717) is 17.3 Å². The first-order valence-electron chi connectivity index (χ1n) is 6.45. The van der Waals surface area contributed by atoms with E-state index in [0.717, 1.165) is 37.5 Å². The Balaban J connectivity index is 1.95. The maximum atomic E-state index is 13.4. The van der Waals surface area contributed by atoms with Crippen molar-refractivity contribution < 1.29 is 13.6 Å². The van der Waals surface area contributed by atoms with Crippen LogP contribution in [0.1, 0.15) is 36.0 Å². The molecule has 0 heterocycles. The third-order valence-electron chi connectivity index (χ3n) is 3.51. The summed E-state index contributed by atoms with van der Waals surface area (Å²) in [4.78, 5) is 12.2. The quantitative estimate of drug-likeness (QED) is 0.841. The van der Waals surface area contributed by atoms with Crippen LogP contribution in [0.15, 0.2) is 18.2 Å². The highest BCUT2D eigenvalue weighted by Gasteiger charge is 2.23. The molecule has 1 saturated carbocycles. The average molecular weight is 332 g/mol. The van der Waals surface area contributed by atoms with Gasteiger partial charge in [0.25, 0.3) is 5.91 Å². The van der Waals surface area contributed by atoms with Crippen molar-refractivity contribution in [3.8, 4) is 0 Å². The van der Waals surface area contributed by atoms with E-state index in [1.54, 1.807) is 0 Å². The van der Waals surface area contributed by atoms with E-state index in [2.05, 4.69) is 21.2 Å². The smallest absolute Gasteiger partial charge is 0.254 e. The van der Waals surface area contributed by atoms with Gasteiger partial charge in [-0.05, 0) is 37.0 Å². The summed E-state index contributed by atoms with van der Waals surface area (Å²) in [5.41, 5.74) is -0.234. The van der Waals surface area contributed by atoms with Gasteiger partial charge in [0.15, 0.2) is 0 Å². The van der Waals surface area contributed by atoms with Gasteiger partial charge in [0.05, 0.1) is 5.56 Å². The average Bonchev–Trinajstić information content (AvgIpc) is 2.40. The molecule has 1 N–H and O–H groups in total. The van der Waals surface area contributed by atoms with Crippen molar-refractivity contribution in [1.29, 1.82) is 0 Å². The summed E-state index contributed by atoms with van der Waals surface area (Å²) in [6, 6.07) is 2.90. The molecule has 0 aliphatic heterocycles. The maximum absolute atomic E-state index is 13.4. The van der Waals surface area contributed by atoms with Crippen molar-refractivity contribution in [2.45, 2.75) is 30.5 Å². The van der Waals surface area contributed by atoms with Crippen LogP contribution in [0.4, 0.5) is 8.78 Å². The topological polar surface area (TPSA) is 29.1 Å². The Kier molecular flexibility index (Phi) is 4.91. The van der Waals surface area contributed by atoms with E-state index < -0.39 is 17.5 Å². The van der Waals surface area contributed by atoms with Crippen molar-refractivity contribution in [3.63, 3.8) is 0 Å². The van der Waals surface area contributed by atoms with Gasteiger partial charge < -0.3 is 5.32 Å². The molecule has 2 rings (SSSR count). The van der Waals surface area contributed by atoms with Crippen LogP contribution in [0.5, 0.6) is 0 Å². The molecule has 2 unspecified atom stereocenters. The molecule has 2 atom stereocenters. The number of amides is 1. The minimum Gasteiger partial charge on any atom is -0.352 e. The van der Waals surface area contributed by atoms with Crippen LogP contribution in [-0.4, -0.2) is 17.3 Å². The van der Waals surface area contributed by atoms with Gasteiger partial charge in [-0.2, -0.15) is 0 Å². The second-order valence-corrected chi connectivity index (χ2v) is 6.07. The molecule has 0 saturated heterocycles. The van der Waals surface area contributed by atoms with Crippen molar-refractivity contribution in [1.82, 2.24) is 5.32 Å².